The Kier molecular flexibility index (Phi) is 5.15. The highest BCUT2D eigenvalue weighted by molar-refractivity contribution is 5.52. The lowest BCUT2D eigenvalue weighted by Crippen LogP contribution is -2.36. The topological polar surface area (TPSA) is 85.1 Å². The van der Waals surface area contributed by atoms with Crippen LogP contribution >= 0.6 is 0 Å². The number of anilines is 3. The van der Waals surface area contributed by atoms with Gasteiger partial charge in [-0.3, -0.25) is 0 Å². The van der Waals surface area contributed by atoms with Crippen LogP contribution < -0.4 is 16.4 Å². The monoisotopic (exact) mass is 253 g/mol. The van der Waals surface area contributed by atoms with E-state index in [1.807, 2.05) is 19.9 Å². The van der Waals surface area contributed by atoms with Crippen LogP contribution in [0.4, 0.5) is 17.6 Å². The molecule has 0 saturated heterocycles. The van der Waals surface area contributed by atoms with Crippen molar-refractivity contribution in [3.63, 3.8) is 0 Å². The molecule has 0 radical (unpaired) electrons. The molecule has 4 N–H and O–H groups in total. The van der Waals surface area contributed by atoms with Crippen LogP contribution in [0.5, 0.6) is 0 Å². The van der Waals surface area contributed by atoms with Gasteiger partial charge in [-0.25, -0.2) is 0 Å². The van der Waals surface area contributed by atoms with Crippen molar-refractivity contribution in [2.24, 2.45) is 0 Å². The molecule has 0 saturated carbocycles. The van der Waals surface area contributed by atoms with Crippen LogP contribution in [-0.4, -0.2) is 35.8 Å². The molecule has 0 aromatic carbocycles. The molecule has 0 aliphatic rings. The number of hydrogen-bond acceptors (Lipinski definition) is 6. The zero-order chi connectivity index (χ0) is 13.6. The van der Waals surface area contributed by atoms with E-state index in [-0.39, 0.29) is 11.5 Å². The predicted molar refractivity (Wildman–Crippen MR) is 74.8 cm³/mol. The SMILES string of the molecule is CCCNc1cc(NC(C)(C)COC)nc(N)n1. The maximum Gasteiger partial charge on any atom is 0.223 e. The van der Waals surface area contributed by atoms with Gasteiger partial charge in [-0.05, 0) is 20.3 Å². The lowest BCUT2D eigenvalue weighted by molar-refractivity contribution is 0.158. The van der Waals surface area contributed by atoms with Gasteiger partial charge in [0.25, 0.3) is 0 Å². The molecule has 0 spiro atoms. The summed E-state index contributed by atoms with van der Waals surface area (Å²) in [7, 11) is 1.67. The molecule has 1 heterocycles. The Balaban J connectivity index is 2.79. The third-order valence-corrected chi connectivity index (χ3v) is 2.27. The molecule has 1 aromatic heterocycles. The maximum absolute atomic E-state index is 5.69. The van der Waals surface area contributed by atoms with Gasteiger partial charge in [0.2, 0.25) is 5.95 Å². The second-order valence-corrected chi connectivity index (χ2v) is 4.87. The van der Waals surface area contributed by atoms with Gasteiger partial charge in [-0.1, -0.05) is 6.92 Å². The summed E-state index contributed by atoms with van der Waals surface area (Å²) in [5.41, 5.74) is 5.48. The fourth-order valence-electron chi connectivity index (χ4n) is 1.62. The van der Waals surface area contributed by atoms with Crippen molar-refractivity contribution in [2.45, 2.75) is 32.7 Å². The van der Waals surface area contributed by atoms with E-state index in [0.717, 1.165) is 18.8 Å². The lowest BCUT2D eigenvalue weighted by atomic mass is 10.1. The first-order chi connectivity index (χ1) is 8.46. The molecule has 0 fully saturated rings. The Hall–Kier alpha value is -1.56. The van der Waals surface area contributed by atoms with Gasteiger partial charge in [-0.15, -0.1) is 0 Å². The molecular weight excluding hydrogens is 230 g/mol. The highest BCUT2D eigenvalue weighted by Gasteiger charge is 2.18. The average Bonchev–Trinajstić information content (AvgIpc) is 2.24. The fourth-order valence-corrected chi connectivity index (χ4v) is 1.62. The summed E-state index contributed by atoms with van der Waals surface area (Å²) in [5.74, 6) is 1.69. The number of nitrogen functional groups attached to an aromatic ring is 1. The second-order valence-electron chi connectivity index (χ2n) is 4.87. The third kappa shape index (κ3) is 4.75. The van der Waals surface area contributed by atoms with Crippen molar-refractivity contribution in [3.05, 3.63) is 6.07 Å². The molecule has 0 amide bonds. The van der Waals surface area contributed by atoms with Crippen LogP contribution in [0.3, 0.4) is 0 Å². The molecule has 0 atom stereocenters. The molecule has 6 heteroatoms. The van der Waals surface area contributed by atoms with E-state index in [2.05, 4.69) is 27.5 Å². The number of nitrogens with one attached hydrogen (secondary N) is 2. The number of aromatic nitrogens is 2. The molecule has 0 bridgehead atoms. The Morgan fingerprint density at radius 1 is 1.33 bits per heavy atom. The summed E-state index contributed by atoms with van der Waals surface area (Å²) in [4.78, 5) is 8.30. The van der Waals surface area contributed by atoms with Crippen molar-refractivity contribution >= 4 is 17.6 Å². The maximum atomic E-state index is 5.69. The van der Waals surface area contributed by atoms with Gasteiger partial charge in [-0.2, -0.15) is 9.97 Å². The Bertz CT molecular complexity index is 381. The third-order valence-electron chi connectivity index (χ3n) is 2.27. The second kappa shape index (κ2) is 6.39. The van der Waals surface area contributed by atoms with Crippen molar-refractivity contribution in [1.29, 1.82) is 0 Å². The van der Waals surface area contributed by atoms with E-state index in [4.69, 9.17) is 10.5 Å². The highest BCUT2D eigenvalue weighted by Crippen LogP contribution is 2.17. The van der Waals surface area contributed by atoms with E-state index in [0.29, 0.717) is 12.4 Å². The van der Waals surface area contributed by atoms with Crippen molar-refractivity contribution in [3.8, 4) is 0 Å². The van der Waals surface area contributed by atoms with Crippen LogP contribution in [0, 0.1) is 0 Å². The largest absolute Gasteiger partial charge is 0.382 e. The summed E-state index contributed by atoms with van der Waals surface area (Å²) in [6, 6.07) is 1.85. The summed E-state index contributed by atoms with van der Waals surface area (Å²) < 4.78 is 5.15. The van der Waals surface area contributed by atoms with Crippen LogP contribution in [-0.2, 0) is 4.74 Å². The van der Waals surface area contributed by atoms with Crippen molar-refractivity contribution in [2.75, 3.05) is 36.6 Å². The molecule has 1 rings (SSSR count). The number of rotatable bonds is 7. The molecular formula is C12H23N5O. The molecule has 1 aromatic rings. The van der Waals surface area contributed by atoms with Gasteiger partial charge in [0, 0.05) is 19.7 Å². The minimum Gasteiger partial charge on any atom is -0.382 e. The van der Waals surface area contributed by atoms with Crippen LogP contribution in [0.2, 0.25) is 0 Å². The van der Waals surface area contributed by atoms with E-state index in [1.54, 1.807) is 7.11 Å². The summed E-state index contributed by atoms with van der Waals surface area (Å²) >= 11 is 0. The summed E-state index contributed by atoms with van der Waals surface area (Å²) in [6.45, 7) is 7.60. The number of nitrogens with zero attached hydrogens (tertiary/aromatic N) is 2. The zero-order valence-electron chi connectivity index (χ0n) is 11.6. The van der Waals surface area contributed by atoms with E-state index in [9.17, 15) is 0 Å². The zero-order valence-corrected chi connectivity index (χ0v) is 11.6. The number of hydrogen-bond donors (Lipinski definition) is 3. The molecule has 18 heavy (non-hydrogen) atoms. The van der Waals surface area contributed by atoms with Crippen molar-refractivity contribution in [1.82, 2.24) is 9.97 Å². The minimum absolute atomic E-state index is 0.211. The number of methoxy groups -OCH3 is 1. The predicted octanol–water partition coefficient (Wildman–Crippen LogP) is 1.72. The summed E-state index contributed by atoms with van der Waals surface area (Å²) in [6.07, 6.45) is 1.03. The molecule has 0 aliphatic heterocycles. The normalized spacial score (nSPS) is 11.3. The molecule has 6 nitrogen and oxygen atoms in total. The quantitative estimate of drug-likeness (QED) is 0.686. The number of nitrogens with two attached hydrogens (primary N) is 1. The Morgan fingerprint density at radius 2 is 2.00 bits per heavy atom. The smallest absolute Gasteiger partial charge is 0.223 e. The molecule has 102 valence electrons. The van der Waals surface area contributed by atoms with Gasteiger partial charge >= 0.3 is 0 Å². The van der Waals surface area contributed by atoms with Gasteiger partial charge in [0.1, 0.15) is 11.6 Å². The molecule has 0 unspecified atom stereocenters. The van der Waals surface area contributed by atoms with Gasteiger partial charge in [0.15, 0.2) is 0 Å². The number of ether oxygens (including phenoxy) is 1. The van der Waals surface area contributed by atoms with Crippen molar-refractivity contribution < 1.29 is 4.74 Å². The van der Waals surface area contributed by atoms with Gasteiger partial charge in [0.05, 0.1) is 12.1 Å². The summed E-state index contributed by atoms with van der Waals surface area (Å²) in [5, 5.41) is 6.47. The Morgan fingerprint density at radius 3 is 2.61 bits per heavy atom. The van der Waals surface area contributed by atoms with E-state index >= 15 is 0 Å². The van der Waals surface area contributed by atoms with Crippen LogP contribution in [0.1, 0.15) is 27.2 Å². The standard InChI is InChI=1S/C12H23N5O/c1-5-6-14-9-7-10(16-11(13)15-9)17-12(2,3)8-18-4/h7H,5-6,8H2,1-4H3,(H4,13,14,15,16,17). The first-order valence-electron chi connectivity index (χ1n) is 6.12. The van der Waals surface area contributed by atoms with Crippen LogP contribution in [0.25, 0.3) is 0 Å². The molecule has 0 aliphatic carbocycles. The minimum atomic E-state index is -0.211. The van der Waals surface area contributed by atoms with Crippen LogP contribution in [0.15, 0.2) is 6.07 Å². The fraction of sp³-hybridized carbons (Fsp3) is 0.667. The lowest BCUT2D eigenvalue weighted by Gasteiger charge is -2.26. The average molecular weight is 253 g/mol. The highest BCUT2D eigenvalue weighted by atomic mass is 16.5. The van der Waals surface area contributed by atoms with E-state index in [1.165, 1.54) is 0 Å². The van der Waals surface area contributed by atoms with E-state index < -0.39 is 0 Å². The first-order valence-corrected chi connectivity index (χ1v) is 6.12. The Labute approximate surface area is 108 Å². The first kappa shape index (κ1) is 14.5. The van der Waals surface area contributed by atoms with Gasteiger partial charge < -0.3 is 21.1 Å².